The molecule has 26 heavy (non-hydrogen) atoms. The minimum Gasteiger partial charge on any atom is -0.366 e. The molecule has 8 heteroatoms. The molecule has 0 aliphatic rings. The highest BCUT2D eigenvalue weighted by atomic mass is 32.1. The first-order chi connectivity index (χ1) is 12.3. The highest BCUT2D eigenvalue weighted by Crippen LogP contribution is 2.41. The molecule has 0 radical (unpaired) electrons. The molecule has 0 atom stereocenters. The first kappa shape index (κ1) is 17.8. The van der Waals surface area contributed by atoms with Crippen molar-refractivity contribution < 1.29 is 22.8 Å². The molecule has 0 spiro atoms. The molecular weight excluding hydrogens is 365 g/mol. The summed E-state index contributed by atoms with van der Waals surface area (Å²) in [5.74, 6) is -1.48. The van der Waals surface area contributed by atoms with Gasteiger partial charge in [0.2, 0.25) is 11.7 Å². The van der Waals surface area contributed by atoms with Crippen molar-refractivity contribution in [1.82, 2.24) is 4.98 Å². The number of aromatic nitrogens is 1. The third-order valence-electron chi connectivity index (χ3n) is 3.56. The van der Waals surface area contributed by atoms with Gasteiger partial charge in [-0.1, -0.05) is 48.5 Å². The summed E-state index contributed by atoms with van der Waals surface area (Å²) in [6.45, 7) is 0. The summed E-state index contributed by atoms with van der Waals surface area (Å²) >= 11 is 0.586. The van der Waals surface area contributed by atoms with Crippen LogP contribution < -0.4 is 5.73 Å². The maximum absolute atomic E-state index is 13.5. The van der Waals surface area contributed by atoms with Crippen LogP contribution in [-0.4, -0.2) is 16.7 Å². The van der Waals surface area contributed by atoms with Gasteiger partial charge in [-0.3, -0.25) is 9.59 Å². The predicted molar refractivity (Wildman–Crippen MR) is 90.9 cm³/mol. The Morgan fingerprint density at radius 3 is 2.19 bits per heavy atom. The Bertz CT molecular complexity index is 982. The minimum absolute atomic E-state index is 0.00284. The molecule has 3 rings (SSSR count). The van der Waals surface area contributed by atoms with E-state index in [2.05, 4.69) is 4.98 Å². The summed E-state index contributed by atoms with van der Waals surface area (Å²) in [5.41, 5.74) is 4.21. The largest absolute Gasteiger partial charge is 0.434 e. The van der Waals surface area contributed by atoms with E-state index >= 15 is 0 Å². The molecule has 0 bridgehead atoms. The number of nitrogens with two attached hydrogens (primary N) is 1. The summed E-state index contributed by atoms with van der Waals surface area (Å²) in [7, 11) is 0. The van der Waals surface area contributed by atoms with Crippen molar-refractivity contribution in [3.63, 3.8) is 0 Å². The summed E-state index contributed by atoms with van der Waals surface area (Å²) in [6.07, 6.45) is -4.79. The van der Waals surface area contributed by atoms with Crippen molar-refractivity contribution in [2.24, 2.45) is 5.73 Å². The number of primary amides is 1. The fourth-order valence-electron chi connectivity index (χ4n) is 2.40. The fourth-order valence-corrected chi connectivity index (χ4v) is 3.49. The molecule has 0 aliphatic carbocycles. The number of hydrogen-bond acceptors (Lipinski definition) is 4. The van der Waals surface area contributed by atoms with E-state index in [1.165, 1.54) is 36.4 Å². The number of amides is 1. The third kappa shape index (κ3) is 3.36. The number of carbonyl (C=O) groups excluding carboxylic acids is 2. The molecule has 1 aromatic heterocycles. The lowest BCUT2D eigenvalue weighted by Gasteiger charge is -2.08. The lowest BCUT2D eigenvalue weighted by atomic mass is 10.0. The van der Waals surface area contributed by atoms with Gasteiger partial charge in [-0.15, -0.1) is 11.3 Å². The van der Waals surface area contributed by atoms with Crippen LogP contribution in [0.3, 0.4) is 0 Å². The maximum Gasteiger partial charge on any atom is 0.434 e. The second kappa shape index (κ2) is 6.72. The smallest absolute Gasteiger partial charge is 0.366 e. The summed E-state index contributed by atoms with van der Waals surface area (Å²) < 4.78 is 40.4. The fraction of sp³-hybridized carbons (Fsp3) is 0.0556. The van der Waals surface area contributed by atoms with Gasteiger partial charge in [0, 0.05) is 16.7 Å². The summed E-state index contributed by atoms with van der Waals surface area (Å²) in [4.78, 5) is 27.3. The average molecular weight is 376 g/mol. The van der Waals surface area contributed by atoms with E-state index in [0.29, 0.717) is 11.3 Å². The number of carbonyl (C=O) groups is 2. The molecule has 132 valence electrons. The normalized spacial score (nSPS) is 11.3. The van der Waals surface area contributed by atoms with Gasteiger partial charge < -0.3 is 5.73 Å². The van der Waals surface area contributed by atoms with Gasteiger partial charge in [-0.05, 0) is 6.07 Å². The number of hydrogen-bond donors (Lipinski definition) is 1. The quantitative estimate of drug-likeness (QED) is 0.695. The third-order valence-corrected chi connectivity index (χ3v) is 4.65. The van der Waals surface area contributed by atoms with Crippen LogP contribution >= 0.6 is 11.3 Å². The summed E-state index contributed by atoms with van der Waals surface area (Å²) in [5, 5.41) is -0.308. The van der Waals surface area contributed by atoms with Crippen LogP contribution in [0.1, 0.15) is 31.4 Å². The molecule has 0 fully saturated rings. The standard InChI is InChI=1S/C18H11F3N2O2S/c19-18(20,21)15-14(11-8-4-5-9-12(11)16(22)25)26-17(23-15)13(24)10-6-2-1-3-7-10/h1-9H,(H2,22,25). The highest BCUT2D eigenvalue weighted by Gasteiger charge is 2.39. The van der Waals surface area contributed by atoms with E-state index in [1.54, 1.807) is 18.2 Å². The van der Waals surface area contributed by atoms with Crippen molar-refractivity contribution >= 4 is 23.0 Å². The SMILES string of the molecule is NC(=O)c1ccccc1-c1sc(C(=O)c2ccccc2)nc1C(F)(F)F. The predicted octanol–water partition coefficient (Wildman–Crippen LogP) is 4.16. The highest BCUT2D eigenvalue weighted by molar-refractivity contribution is 7.17. The minimum atomic E-state index is -4.79. The summed E-state index contributed by atoms with van der Waals surface area (Å²) in [6, 6.07) is 13.5. The van der Waals surface area contributed by atoms with Crippen molar-refractivity contribution in [3.8, 4) is 10.4 Å². The molecule has 0 aliphatic heterocycles. The molecule has 2 aromatic carbocycles. The van der Waals surface area contributed by atoms with Crippen molar-refractivity contribution in [3.05, 3.63) is 76.4 Å². The molecule has 2 N–H and O–H groups in total. The molecule has 1 amide bonds. The lowest BCUT2D eigenvalue weighted by Crippen LogP contribution is -2.13. The van der Waals surface area contributed by atoms with Crippen LogP contribution in [0, 0.1) is 0 Å². The molecule has 3 aromatic rings. The van der Waals surface area contributed by atoms with Gasteiger partial charge in [0.05, 0.1) is 4.88 Å². The number of halogens is 3. The molecule has 4 nitrogen and oxygen atoms in total. The van der Waals surface area contributed by atoms with E-state index in [1.807, 2.05) is 0 Å². The number of benzene rings is 2. The van der Waals surface area contributed by atoms with Crippen LogP contribution in [0.2, 0.25) is 0 Å². The number of rotatable bonds is 4. The monoisotopic (exact) mass is 376 g/mol. The molecule has 0 saturated heterocycles. The number of nitrogens with zero attached hydrogens (tertiary/aromatic N) is 1. The van der Waals surface area contributed by atoms with Crippen LogP contribution in [0.25, 0.3) is 10.4 Å². The van der Waals surface area contributed by atoms with Gasteiger partial charge in [0.1, 0.15) is 0 Å². The van der Waals surface area contributed by atoms with Crippen molar-refractivity contribution in [2.75, 3.05) is 0 Å². The van der Waals surface area contributed by atoms with Crippen molar-refractivity contribution in [1.29, 1.82) is 0 Å². The Labute approximate surface area is 150 Å². The first-order valence-corrected chi connectivity index (χ1v) is 8.17. The average Bonchev–Trinajstić information content (AvgIpc) is 3.07. The Balaban J connectivity index is 2.19. The zero-order valence-corrected chi connectivity index (χ0v) is 13.9. The zero-order valence-electron chi connectivity index (χ0n) is 13.1. The van der Waals surface area contributed by atoms with E-state index in [9.17, 15) is 22.8 Å². The lowest BCUT2D eigenvalue weighted by molar-refractivity contribution is -0.140. The van der Waals surface area contributed by atoms with E-state index in [-0.39, 0.29) is 26.6 Å². The van der Waals surface area contributed by atoms with Crippen molar-refractivity contribution in [2.45, 2.75) is 6.18 Å². The van der Waals surface area contributed by atoms with Crippen LogP contribution in [0.5, 0.6) is 0 Å². The molecule has 0 saturated carbocycles. The Morgan fingerprint density at radius 2 is 1.58 bits per heavy atom. The second-order valence-corrected chi connectivity index (χ2v) is 6.30. The van der Waals surface area contributed by atoms with Crippen LogP contribution in [0.4, 0.5) is 13.2 Å². The van der Waals surface area contributed by atoms with Crippen LogP contribution in [-0.2, 0) is 6.18 Å². The number of thiazole rings is 1. The second-order valence-electron chi connectivity index (χ2n) is 5.30. The maximum atomic E-state index is 13.5. The van der Waals surface area contributed by atoms with E-state index in [0.717, 1.165) is 0 Å². The van der Waals surface area contributed by atoms with Gasteiger partial charge >= 0.3 is 6.18 Å². The van der Waals surface area contributed by atoms with E-state index < -0.39 is 23.6 Å². The van der Waals surface area contributed by atoms with E-state index in [4.69, 9.17) is 5.73 Å². The van der Waals surface area contributed by atoms with Gasteiger partial charge in [-0.2, -0.15) is 13.2 Å². The molecule has 0 unspecified atom stereocenters. The Morgan fingerprint density at radius 1 is 0.962 bits per heavy atom. The number of alkyl halides is 3. The van der Waals surface area contributed by atoms with Gasteiger partial charge in [-0.25, -0.2) is 4.98 Å². The van der Waals surface area contributed by atoms with Crippen LogP contribution in [0.15, 0.2) is 54.6 Å². The molecule has 1 heterocycles. The first-order valence-electron chi connectivity index (χ1n) is 7.36. The Hall–Kier alpha value is -3.00. The topological polar surface area (TPSA) is 73.1 Å². The number of ketones is 1. The molecular formula is C18H11F3N2O2S. The zero-order chi connectivity index (χ0) is 18.9. The van der Waals surface area contributed by atoms with Gasteiger partial charge in [0.25, 0.3) is 0 Å². The van der Waals surface area contributed by atoms with Gasteiger partial charge in [0.15, 0.2) is 10.7 Å². The Kier molecular flexibility index (Phi) is 4.60.